The third-order valence-electron chi connectivity index (χ3n) is 3.47. The highest BCUT2D eigenvalue weighted by molar-refractivity contribution is 7.13. The maximum Gasteiger partial charge on any atom is 0.376 e. The van der Waals surface area contributed by atoms with Crippen molar-refractivity contribution in [3.05, 3.63) is 11.1 Å². The largest absolute Gasteiger partial charge is 0.477 e. The molecule has 2 amide bonds. The van der Waals surface area contributed by atoms with E-state index in [9.17, 15) is 19.2 Å². The van der Waals surface area contributed by atoms with Gasteiger partial charge in [-0.3, -0.25) is 14.4 Å². The van der Waals surface area contributed by atoms with Crippen LogP contribution in [0.5, 0.6) is 0 Å². The molecular weight excluding hydrogens is 398 g/mol. The molecule has 0 bridgehead atoms. The number of thiazole rings is 1. The summed E-state index contributed by atoms with van der Waals surface area (Å²) in [6.07, 6.45) is -2.00. The minimum atomic E-state index is -2.00. The van der Waals surface area contributed by atoms with Gasteiger partial charge < -0.3 is 25.7 Å². The first-order valence-corrected chi connectivity index (χ1v) is 8.57. The van der Waals surface area contributed by atoms with Crippen LogP contribution in [0, 0.1) is 0 Å². The van der Waals surface area contributed by atoms with E-state index in [1.807, 2.05) is 0 Å². The molecule has 0 aromatic carbocycles. The highest BCUT2D eigenvalue weighted by Gasteiger charge is 2.49. The second kappa shape index (κ2) is 8.62. The molecule has 0 aliphatic carbocycles. The first-order chi connectivity index (χ1) is 13.1. The molecule has 2 heterocycles. The number of oxime groups is 1. The zero-order valence-electron chi connectivity index (χ0n) is 14.9. The van der Waals surface area contributed by atoms with Crippen LogP contribution in [-0.2, 0) is 33.6 Å². The van der Waals surface area contributed by atoms with Crippen molar-refractivity contribution in [2.45, 2.75) is 32.2 Å². The first kappa shape index (κ1) is 21.0. The average Bonchev–Trinajstić information content (AvgIpc) is 3.05. The Labute approximate surface area is 162 Å². The number of aromatic nitrogens is 1. The number of nitrogens with zero attached hydrogens (tertiary/aromatic N) is 3. The Kier molecular flexibility index (Phi) is 6.48. The summed E-state index contributed by atoms with van der Waals surface area (Å²) in [5, 5.41) is 17.4. The monoisotopic (exact) mass is 415 g/mol. The molecule has 4 N–H and O–H groups in total. The SMILES string of the molecule is CO/N=C(/C(=O)N[C@@H]1C(=O)N(O[C@H](OC(C)=O)C(=O)O)[C@H]1C)c1csc(N)n1. The maximum absolute atomic E-state index is 12.4. The number of hydrogen-bond acceptors (Lipinski definition) is 11. The van der Waals surface area contributed by atoms with Gasteiger partial charge in [0.1, 0.15) is 18.8 Å². The molecule has 1 aliphatic rings. The lowest BCUT2D eigenvalue weighted by atomic mass is 10.00. The topological polar surface area (TPSA) is 183 Å². The lowest BCUT2D eigenvalue weighted by molar-refractivity contribution is -0.292. The molecule has 3 atom stereocenters. The van der Waals surface area contributed by atoms with Crippen LogP contribution >= 0.6 is 11.3 Å². The summed E-state index contributed by atoms with van der Waals surface area (Å²) in [5.41, 5.74) is 5.50. The van der Waals surface area contributed by atoms with E-state index in [0.717, 1.165) is 18.3 Å². The highest BCUT2D eigenvalue weighted by atomic mass is 32.1. The number of amides is 2. The number of carboxylic acids is 1. The van der Waals surface area contributed by atoms with Gasteiger partial charge in [0.25, 0.3) is 11.8 Å². The van der Waals surface area contributed by atoms with Gasteiger partial charge in [-0.2, -0.15) is 0 Å². The minimum Gasteiger partial charge on any atom is -0.477 e. The van der Waals surface area contributed by atoms with Crippen LogP contribution in [0.4, 0.5) is 5.13 Å². The number of esters is 1. The summed E-state index contributed by atoms with van der Waals surface area (Å²) in [7, 11) is 1.23. The van der Waals surface area contributed by atoms with Crippen molar-refractivity contribution in [1.82, 2.24) is 15.4 Å². The summed E-state index contributed by atoms with van der Waals surface area (Å²) in [4.78, 5) is 60.1. The fourth-order valence-corrected chi connectivity index (χ4v) is 2.75. The maximum atomic E-state index is 12.4. The third kappa shape index (κ3) is 4.52. The standard InChI is InChI=1S/C14H17N5O8S/c1-5-8(11(22)19(5)27-13(12(23)24)26-6(2)20)17-10(21)9(18-25-3)7-4-28-14(15)16-7/h4-5,8,13H,1-3H3,(H2,15,16)(H,17,21)(H,23,24)/b18-9+/t5-,8-,13-/m0/s1. The van der Waals surface area contributed by atoms with Gasteiger partial charge >= 0.3 is 18.2 Å². The Balaban J connectivity index is 2.04. The second-order valence-corrected chi connectivity index (χ2v) is 6.32. The van der Waals surface area contributed by atoms with E-state index in [2.05, 4.69) is 25.0 Å². The van der Waals surface area contributed by atoms with Crippen LogP contribution in [0.15, 0.2) is 10.5 Å². The van der Waals surface area contributed by atoms with Crippen molar-refractivity contribution in [3.8, 4) is 0 Å². The van der Waals surface area contributed by atoms with Crippen LogP contribution in [0.3, 0.4) is 0 Å². The van der Waals surface area contributed by atoms with Gasteiger partial charge in [0.15, 0.2) is 10.8 Å². The Morgan fingerprint density at radius 2 is 2.14 bits per heavy atom. The van der Waals surface area contributed by atoms with Crippen molar-refractivity contribution in [2.75, 3.05) is 12.8 Å². The molecule has 13 nitrogen and oxygen atoms in total. The summed E-state index contributed by atoms with van der Waals surface area (Å²) in [6.45, 7) is 2.48. The van der Waals surface area contributed by atoms with E-state index in [1.165, 1.54) is 19.4 Å². The first-order valence-electron chi connectivity index (χ1n) is 7.69. The van der Waals surface area contributed by atoms with Crippen molar-refractivity contribution in [1.29, 1.82) is 0 Å². The number of rotatable bonds is 8. The number of β-lactam (4-membered cyclic amide) rings is 1. The number of anilines is 1. The molecule has 0 spiro atoms. The smallest absolute Gasteiger partial charge is 0.376 e. The Morgan fingerprint density at radius 3 is 2.61 bits per heavy atom. The summed E-state index contributed by atoms with van der Waals surface area (Å²) >= 11 is 1.09. The number of nitrogens with one attached hydrogen (secondary N) is 1. The van der Waals surface area contributed by atoms with Crippen LogP contribution in [-0.4, -0.2) is 70.1 Å². The second-order valence-electron chi connectivity index (χ2n) is 5.43. The Bertz CT molecular complexity index is 824. The van der Waals surface area contributed by atoms with E-state index in [1.54, 1.807) is 0 Å². The van der Waals surface area contributed by atoms with Gasteiger partial charge in [0.05, 0.1) is 6.04 Å². The lowest BCUT2D eigenvalue weighted by Gasteiger charge is -2.44. The molecule has 1 saturated heterocycles. The number of hydrogen-bond donors (Lipinski definition) is 3. The fourth-order valence-electron chi connectivity index (χ4n) is 2.20. The van der Waals surface area contributed by atoms with Gasteiger partial charge in [-0.15, -0.1) is 11.3 Å². The minimum absolute atomic E-state index is 0.162. The highest BCUT2D eigenvalue weighted by Crippen LogP contribution is 2.22. The predicted molar refractivity (Wildman–Crippen MR) is 92.6 cm³/mol. The van der Waals surface area contributed by atoms with Crippen LogP contribution in [0.1, 0.15) is 19.5 Å². The molecule has 14 heteroatoms. The molecule has 28 heavy (non-hydrogen) atoms. The van der Waals surface area contributed by atoms with E-state index < -0.39 is 42.1 Å². The van der Waals surface area contributed by atoms with Crippen molar-refractivity contribution in [3.63, 3.8) is 0 Å². The molecule has 1 fully saturated rings. The molecule has 1 aromatic heterocycles. The van der Waals surface area contributed by atoms with Crippen LogP contribution < -0.4 is 11.1 Å². The van der Waals surface area contributed by atoms with E-state index in [0.29, 0.717) is 5.06 Å². The number of carbonyl (C=O) groups excluding carboxylic acids is 3. The summed E-state index contributed by atoms with van der Waals surface area (Å²) in [5.74, 6) is -4.00. The molecule has 2 rings (SSSR count). The number of hydroxylamine groups is 2. The number of nitrogen functional groups attached to an aromatic ring is 1. The van der Waals surface area contributed by atoms with Gasteiger partial charge in [-0.1, -0.05) is 5.16 Å². The number of aliphatic carboxylic acids is 1. The molecule has 1 aromatic rings. The number of nitrogens with two attached hydrogens (primary N) is 1. The van der Waals surface area contributed by atoms with E-state index in [4.69, 9.17) is 15.7 Å². The zero-order chi connectivity index (χ0) is 21.0. The van der Waals surface area contributed by atoms with Crippen molar-refractivity contribution < 1.29 is 38.7 Å². The van der Waals surface area contributed by atoms with Crippen LogP contribution in [0.2, 0.25) is 0 Å². The molecule has 0 radical (unpaired) electrons. The molecule has 0 unspecified atom stereocenters. The molecule has 1 aliphatic heterocycles. The number of ether oxygens (including phenoxy) is 1. The van der Waals surface area contributed by atoms with E-state index >= 15 is 0 Å². The average molecular weight is 415 g/mol. The van der Waals surface area contributed by atoms with Gasteiger partial charge in [0, 0.05) is 12.3 Å². The quantitative estimate of drug-likeness (QED) is 0.152. The number of carbonyl (C=O) groups is 4. The van der Waals surface area contributed by atoms with Crippen molar-refractivity contribution >= 4 is 45.9 Å². The van der Waals surface area contributed by atoms with E-state index in [-0.39, 0.29) is 16.5 Å². The predicted octanol–water partition coefficient (Wildman–Crippen LogP) is -1.30. The zero-order valence-corrected chi connectivity index (χ0v) is 15.8. The Morgan fingerprint density at radius 1 is 1.46 bits per heavy atom. The summed E-state index contributed by atoms with van der Waals surface area (Å²) in [6, 6.07) is -1.78. The van der Waals surface area contributed by atoms with Gasteiger partial charge in [-0.05, 0) is 6.92 Å². The normalized spacial score (nSPS) is 20.2. The lowest BCUT2D eigenvalue weighted by Crippen LogP contribution is -2.70. The van der Waals surface area contributed by atoms with Gasteiger partial charge in [0.2, 0.25) is 0 Å². The third-order valence-corrected chi connectivity index (χ3v) is 4.14. The molecule has 152 valence electrons. The number of carboxylic acid groups (broad SMARTS) is 1. The summed E-state index contributed by atoms with van der Waals surface area (Å²) < 4.78 is 4.46. The van der Waals surface area contributed by atoms with Crippen molar-refractivity contribution in [2.24, 2.45) is 5.16 Å². The Hall–Kier alpha value is -3.26. The van der Waals surface area contributed by atoms with Gasteiger partial charge in [-0.25, -0.2) is 19.7 Å². The fraction of sp³-hybridized carbons (Fsp3) is 0.429. The van der Waals surface area contributed by atoms with Crippen LogP contribution in [0.25, 0.3) is 0 Å². The molecule has 0 saturated carbocycles. The molecular formula is C14H17N5O8S.